The van der Waals surface area contributed by atoms with Gasteiger partial charge in [0.1, 0.15) is 11.1 Å². The summed E-state index contributed by atoms with van der Waals surface area (Å²) in [7, 11) is 0. The minimum absolute atomic E-state index is 0.0359. The number of carbonyl (C=O) groups excluding carboxylic acids is 1. The van der Waals surface area contributed by atoms with Crippen LogP contribution in [-0.4, -0.2) is 12.6 Å². The normalized spacial score (nSPS) is 16.4. The molecule has 0 atom stereocenters. The third-order valence-electron chi connectivity index (χ3n) is 2.72. The fraction of sp³-hybridized carbons (Fsp3) is 0.200. The predicted molar refractivity (Wildman–Crippen MR) is 79.5 cm³/mol. The summed E-state index contributed by atoms with van der Waals surface area (Å²) in [4.78, 5) is 13.8. The molecule has 1 heterocycles. The van der Waals surface area contributed by atoms with Gasteiger partial charge < -0.3 is 9.64 Å². The van der Waals surface area contributed by atoms with Crippen molar-refractivity contribution >= 4 is 23.4 Å². The van der Waals surface area contributed by atoms with Gasteiger partial charge in [0.25, 0.3) is 0 Å². The van der Waals surface area contributed by atoms with Gasteiger partial charge in [-0.05, 0) is 31.4 Å². The second-order valence-corrected chi connectivity index (χ2v) is 4.92. The minimum atomic E-state index is -0.582. The molecule has 0 radical (unpaired) electrons. The molecule has 102 valence electrons. The smallest absolute Gasteiger partial charge is 0.351 e. The Morgan fingerprint density at radius 3 is 2.70 bits per heavy atom. The second-order valence-electron chi connectivity index (χ2n) is 4.06. The third-order valence-corrected chi connectivity index (χ3v) is 3.79. The fourth-order valence-corrected chi connectivity index (χ4v) is 2.85. The highest BCUT2D eigenvalue weighted by molar-refractivity contribution is 8.06. The lowest BCUT2D eigenvalue weighted by atomic mass is 10.2. The van der Waals surface area contributed by atoms with Crippen molar-refractivity contribution in [1.82, 2.24) is 0 Å². The van der Waals surface area contributed by atoms with Crippen molar-refractivity contribution in [2.45, 2.75) is 13.8 Å². The largest absolute Gasteiger partial charge is 0.462 e. The standard InChI is InChI=1S/C15H14N2O2S/c1-3-19-15(18)13(9-16)14-17(11(2)10-20-14)12-7-5-4-6-8-12/h4-8,10H,3H2,1-2H3/b14-13-. The number of hydrogen-bond acceptors (Lipinski definition) is 5. The Morgan fingerprint density at radius 2 is 2.10 bits per heavy atom. The summed E-state index contributed by atoms with van der Waals surface area (Å²) in [5, 5.41) is 11.8. The van der Waals surface area contributed by atoms with Crippen LogP contribution in [-0.2, 0) is 9.53 Å². The van der Waals surface area contributed by atoms with Gasteiger partial charge in [-0.2, -0.15) is 5.26 Å². The van der Waals surface area contributed by atoms with Crippen LogP contribution in [0.1, 0.15) is 13.8 Å². The summed E-state index contributed by atoms with van der Waals surface area (Å²) in [6, 6.07) is 11.6. The van der Waals surface area contributed by atoms with Crippen molar-refractivity contribution in [2.24, 2.45) is 0 Å². The number of carbonyl (C=O) groups is 1. The first-order valence-corrected chi connectivity index (χ1v) is 7.07. The van der Waals surface area contributed by atoms with Crippen LogP contribution in [0, 0.1) is 11.3 Å². The van der Waals surface area contributed by atoms with E-state index in [2.05, 4.69) is 0 Å². The zero-order valence-corrected chi connectivity index (χ0v) is 12.1. The first-order valence-electron chi connectivity index (χ1n) is 6.19. The van der Waals surface area contributed by atoms with E-state index in [-0.39, 0.29) is 12.2 Å². The van der Waals surface area contributed by atoms with Crippen molar-refractivity contribution in [3.8, 4) is 6.07 Å². The molecule has 1 aliphatic heterocycles. The van der Waals surface area contributed by atoms with Crippen LogP contribution in [0.2, 0.25) is 0 Å². The van der Waals surface area contributed by atoms with E-state index in [1.807, 2.05) is 53.6 Å². The van der Waals surface area contributed by atoms with E-state index in [1.165, 1.54) is 11.8 Å². The van der Waals surface area contributed by atoms with Crippen molar-refractivity contribution in [3.63, 3.8) is 0 Å². The molecule has 1 aromatic rings. The molecule has 0 fully saturated rings. The highest BCUT2D eigenvalue weighted by atomic mass is 32.2. The molecular formula is C15H14N2O2S. The molecule has 0 saturated carbocycles. The molecular weight excluding hydrogens is 272 g/mol. The van der Waals surface area contributed by atoms with Crippen LogP contribution >= 0.6 is 11.8 Å². The maximum atomic E-state index is 11.9. The summed E-state index contributed by atoms with van der Waals surface area (Å²) in [5.41, 5.74) is 1.92. The Kier molecular flexibility index (Phi) is 4.49. The van der Waals surface area contributed by atoms with Crippen LogP contribution in [0.3, 0.4) is 0 Å². The topological polar surface area (TPSA) is 53.3 Å². The lowest BCUT2D eigenvalue weighted by Gasteiger charge is -2.22. The first-order chi connectivity index (χ1) is 9.69. The van der Waals surface area contributed by atoms with Crippen molar-refractivity contribution in [3.05, 3.63) is 52.0 Å². The predicted octanol–water partition coefficient (Wildman–Crippen LogP) is 3.40. The van der Waals surface area contributed by atoms with Gasteiger partial charge in [0.05, 0.1) is 6.61 Å². The number of esters is 1. The molecule has 5 heteroatoms. The Morgan fingerprint density at radius 1 is 1.40 bits per heavy atom. The van der Waals surface area contributed by atoms with Gasteiger partial charge in [-0.3, -0.25) is 0 Å². The monoisotopic (exact) mass is 286 g/mol. The quantitative estimate of drug-likeness (QED) is 0.484. The van der Waals surface area contributed by atoms with Gasteiger partial charge in [0.15, 0.2) is 5.57 Å². The summed E-state index contributed by atoms with van der Waals surface area (Å²) >= 11 is 1.36. The number of hydrogen-bond donors (Lipinski definition) is 0. The van der Waals surface area contributed by atoms with Crippen LogP contribution in [0.25, 0.3) is 0 Å². The summed E-state index contributed by atoms with van der Waals surface area (Å²) < 4.78 is 4.94. The lowest BCUT2D eigenvalue weighted by Crippen LogP contribution is -2.19. The van der Waals surface area contributed by atoms with Crippen molar-refractivity contribution in [1.29, 1.82) is 5.26 Å². The number of allylic oxidation sites excluding steroid dienone is 1. The highest BCUT2D eigenvalue weighted by Crippen LogP contribution is 2.40. The number of ether oxygens (including phenoxy) is 1. The van der Waals surface area contributed by atoms with E-state index < -0.39 is 5.97 Å². The minimum Gasteiger partial charge on any atom is -0.462 e. The summed E-state index contributed by atoms with van der Waals surface area (Å²) in [5.74, 6) is -0.582. The number of thioether (sulfide) groups is 1. The molecule has 4 nitrogen and oxygen atoms in total. The van der Waals surface area contributed by atoms with Crippen LogP contribution in [0.5, 0.6) is 0 Å². The van der Waals surface area contributed by atoms with E-state index in [9.17, 15) is 10.1 Å². The molecule has 0 aromatic heterocycles. The molecule has 0 N–H and O–H groups in total. The van der Waals surface area contributed by atoms with E-state index in [0.29, 0.717) is 5.03 Å². The van der Waals surface area contributed by atoms with E-state index in [1.54, 1.807) is 6.92 Å². The molecule has 0 unspecified atom stereocenters. The maximum absolute atomic E-state index is 11.9. The van der Waals surface area contributed by atoms with Gasteiger partial charge >= 0.3 is 5.97 Å². The zero-order chi connectivity index (χ0) is 14.5. The third kappa shape index (κ3) is 2.70. The molecule has 0 saturated heterocycles. The van der Waals surface area contributed by atoms with Crippen LogP contribution in [0.4, 0.5) is 5.69 Å². The van der Waals surface area contributed by atoms with Gasteiger partial charge in [-0.25, -0.2) is 4.79 Å². The molecule has 1 aliphatic rings. The molecule has 0 amide bonds. The maximum Gasteiger partial charge on any atom is 0.351 e. The van der Waals surface area contributed by atoms with E-state index in [0.717, 1.165) is 11.4 Å². The number of benzene rings is 1. The average Bonchev–Trinajstić information content (AvgIpc) is 2.83. The van der Waals surface area contributed by atoms with Gasteiger partial charge in [0, 0.05) is 11.4 Å². The number of anilines is 1. The second kappa shape index (κ2) is 6.31. The lowest BCUT2D eigenvalue weighted by molar-refractivity contribution is -0.138. The Labute approximate surface area is 122 Å². The summed E-state index contributed by atoms with van der Waals surface area (Å²) in [6.45, 7) is 3.91. The van der Waals surface area contributed by atoms with Crippen LogP contribution in [0.15, 0.2) is 52.0 Å². The number of rotatable bonds is 3. The fourth-order valence-electron chi connectivity index (χ4n) is 1.86. The Balaban J connectivity index is 2.46. The highest BCUT2D eigenvalue weighted by Gasteiger charge is 2.27. The molecule has 0 aliphatic carbocycles. The molecule has 0 bridgehead atoms. The molecule has 20 heavy (non-hydrogen) atoms. The Bertz CT molecular complexity index is 615. The van der Waals surface area contributed by atoms with Gasteiger partial charge in [0.2, 0.25) is 0 Å². The Hall–Kier alpha value is -2.19. The van der Waals surface area contributed by atoms with Crippen molar-refractivity contribution in [2.75, 3.05) is 11.5 Å². The molecule has 2 rings (SSSR count). The zero-order valence-electron chi connectivity index (χ0n) is 11.3. The SMILES string of the molecule is CCOC(=O)/C(C#N)=C1\SC=C(C)N1c1ccccc1. The first kappa shape index (κ1) is 14.2. The van der Waals surface area contributed by atoms with Gasteiger partial charge in [-0.1, -0.05) is 30.0 Å². The number of nitrogens with zero attached hydrogens (tertiary/aromatic N) is 2. The van der Waals surface area contributed by atoms with Gasteiger partial charge in [-0.15, -0.1) is 0 Å². The van der Waals surface area contributed by atoms with E-state index >= 15 is 0 Å². The molecule has 0 spiro atoms. The van der Waals surface area contributed by atoms with Crippen LogP contribution < -0.4 is 4.90 Å². The van der Waals surface area contributed by atoms with Crippen molar-refractivity contribution < 1.29 is 9.53 Å². The van der Waals surface area contributed by atoms with E-state index in [4.69, 9.17) is 4.74 Å². The molecule has 1 aromatic carbocycles. The number of nitriles is 1. The number of para-hydroxylation sites is 1. The average molecular weight is 286 g/mol. The summed E-state index contributed by atoms with van der Waals surface area (Å²) in [6.07, 6.45) is 0.